The van der Waals surface area contributed by atoms with E-state index in [1.165, 1.54) is 0 Å². The van der Waals surface area contributed by atoms with Crippen molar-refractivity contribution in [1.29, 1.82) is 0 Å². The summed E-state index contributed by atoms with van der Waals surface area (Å²) in [4.78, 5) is 14.2. The molecule has 0 atom stereocenters. The number of aromatic nitrogens is 3. The van der Waals surface area contributed by atoms with E-state index in [2.05, 4.69) is 27.2 Å². The lowest BCUT2D eigenvalue weighted by Crippen LogP contribution is -1.96. The standard InChI is InChI=1S/C15H14N4S/c1-2-14-17-10-13(20-14)12-8-9-16-15(19-12)18-11-6-4-3-5-7-11/h3-10H,2H2,1H3,(H,16,18,19). The number of hydrogen-bond acceptors (Lipinski definition) is 5. The average Bonchev–Trinajstić information content (AvgIpc) is 2.98. The van der Waals surface area contributed by atoms with Crippen molar-refractivity contribution in [2.45, 2.75) is 13.3 Å². The second-order valence-corrected chi connectivity index (χ2v) is 5.34. The van der Waals surface area contributed by atoms with Gasteiger partial charge in [-0.15, -0.1) is 11.3 Å². The SMILES string of the molecule is CCc1ncc(-c2ccnc(Nc3ccccc3)n2)s1. The van der Waals surface area contributed by atoms with Crippen molar-refractivity contribution in [2.75, 3.05) is 5.32 Å². The second-order valence-electron chi connectivity index (χ2n) is 4.23. The van der Waals surface area contributed by atoms with Gasteiger partial charge < -0.3 is 5.32 Å². The van der Waals surface area contributed by atoms with Gasteiger partial charge in [-0.1, -0.05) is 25.1 Å². The lowest BCUT2D eigenvalue weighted by Gasteiger charge is -2.05. The lowest BCUT2D eigenvalue weighted by molar-refractivity contribution is 1.09. The number of aryl methyl sites for hydroxylation is 1. The number of benzene rings is 1. The van der Waals surface area contributed by atoms with E-state index >= 15 is 0 Å². The van der Waals surface area contributed by atoms with E-state index in [1.54, 1.807) is 17.5 Å². The van der Waals surface area contributed by atoms with Gasteiger partial charge in [-0.05, 0) is 24.6 Å². The zero-order valence-corrected chi connectivity index (χ0v) is 11.9. The Bertz CT molecular complexity index is 694. The molecule has 0 spiro atoms. The number of hydrogen-bond donors (Lipinski definition) is 1. The molecule has 0 aliphatic heterocycles. The minimum Gasteiger partial charge on any atom is -0.324 e. The normalized spacial score (nSPS) is 10.4. The summed E-state index contributed by atoms with van der Waals surface area (Å²) < 4.78 is 0. The van der Waals surface area contributed by atoms with Crippen molar-refractivity contribution in [3.8, 4) is 10.6 Å². The Balaban J connectivity index is 1.86. The third-order valence-electron chi connectivity index (χ3n) is 2.79. The summed E-state index contributed by atoms with van der Waals surface area (Å²) in [6, 6.07) is 11.8. The third kappa shape index (κ3) is 2.83. The molecule has 0 fully saturated rings. The van der Waals surface area contributed by atoms with Gasteiger partial charge in [0.1, 0.15) is 0 Å². The predicted octanol–water partition coefficient (Wildman–Crippen LogP) is 3.91. The highest BCUT2D eigenvalue weighted by Crippen LogP contribution is 2.25. The molecule has 0 unspecified atom stereocenters. The molecule has 1 N–H and O–H groups in total. The van der Waals surface area contributed by atoms with Crippen LogP contribution in [0.1, 0.15) is 11.9 Å². The Morgan fingerprint density at radius 3 is 2.70 bits per heavy atom. The maximum Gasteiger partial charge on any atom is 0.227 e. The topological polar surface area (TPSA) is 50.7 Å². The van der Waals surface area contributed by atoms with E-state index in [9.17, 15) is 0 Å². The van der Waals surface area contributed by atoms with E-state index < -0.39 is 0 Å². The lowest BCUT2D eigenvalue weighted by atomic mass is 10.3. The zero-order chi connectivity index (χ0) is 13.8. The first kappa shape index (κ1) is 12.7. The smallest absolute Gasteiger partial charge is 0.227 e. The van der Waals surface area contributed by atoms with Gasteiger partial charge in [-0.25, -0.2) is 15.0 Å². The van der Waals surface area contributed by atoms with Gasteiger partial charge >= 0.3 is 0 Å². The maximum absolute atomic E-state index is 4.53. The fraction of sp³-hybridized carbons (Fsp3) is 0.133. The molecule has 2 aromatic heterocycles. The van der Waals surface area contributed by atoms with Crippen molar-refractivity contribution in [3.63, 3.8) is 0 Å². The second kappa shape index (κ2) is 5.79. The van der Waals surface area contributed by atoms with Gasteiger partial charge in [0.15, 0.2) is 0 Å². The molecule has 0 bridgehead atoms. The number of nitrogens with one attached hydrogen (secondary N) is 1. The Labute approximate surface area is 121 Å². The fourth-order valence-corrected chi connectivity index (χ4v) is 2.63. The summed E-state index contributed by atoms with van der Waals surface area (Å²) in [6.45, 7) is 2.10. The van der Waals surface area contributed by atoms with Crippen molar-refractivity contribution in [2.24, 2.45) is 0 Å². The molecule has 0 radical (unpaired) electrons. The summed E-state index contributed by atoms with van der Waals surface area (Å²) in [5.41, 5.74) is 1.87. The summed E-state index contributed by atoms with van der Waals surface area (Å²) in [7, 11) is 0. The van der Waals surface area contributed by atoms with Crippen LogP contribution in [0.4, 0.5) is 11.6 Å². The highest BCUT2D eigenvalue weighted by molar-refractivity contribution is 7.15. The van der Waals surface area contributed by atoms with Crippen LogP contribution in [0.2, 0.25) is 0 Å². The molecule has 20 heavy (non-hydrogen) atoms. The number of para-hydroxylation sites is 1. The first-order chi connectivity index (χ1) is 9.85. The molecule has 0 aliphatic rings. The van der Waals surface area contributed by atoms with Gasteiger partial charge in [-0.2, -0.15) is 0 Å². The van der Waals surface area contributed by atoms with Crippen LogP contribution in [-0.2, 0) is 6.42 Å². The van der Waals surface area contributed by atoms with E-state index in [0.717, 1.165) is 27.7 Å². The minimum atomic E-state index is 0.597. The number of anilines is 2. The molecular formula is C15H14N4S. The monoisotopic (exact) mass is 282 g/mol. The zero-order valence-electron chi connectivity index (χ0n) is 11.1. The van der Waals surface area contributed by atoms with Gasteiger partial charge in [0.05, 0.1) is 15.6 Å². The molecule has 100 valence electrons. The average molecular weight is 282 g/mol. The molecule has 1 aromatic carbocycles. The first-order valence-corrected chi connectivity index (χ1v) is 7.27. The molecule has 0 saturated heterocycles. The summed E-state index contributed by atoms with van der Waals surface area (Å²) >= 11 is 1.67. The molecule has 5 heteroatoms. The third-order valence-corrected chi connectivity index (χ3v) is 3.96. The van der Waals surface area contributed by atoms with Gasteiger partial charge in [-0.3, -0.25) is 0 Å². The summed E-state index contributed by atoms with van der Waals surface area (Å²) in [5, 5.41) is 4.32. The van der Waals surface area contributed by atoms with Crippen molar-refractivity contribution >= 4 is 23.0 Å². The van der Waals surface area contributed by atoms with E-state index in [-0.39, 0.29) is 0 Å². The van der Waals surface area contributed by atoms with E-state index in [4.69, 9.17) is 0 Å². The summed E-state index contributed by atoms with van der Waals surface area (Å²) in [5.74, 6) is 0.597. The fourth-order valence-electron chi connectivity index (χ4n) is 1.80. The number of nitrogens with zero attached hydrogens (tertiary/aromatic N) is 3. The Hall–Kier alpha value is -2.27. The van der Waals surface area contributed by atoms with E-state index in [1.807, 2.05) is 42.6 Å². The van der Waals surface area contributed by atoms with Crippen LogP contribution < -0.4 is 5.32 Å². The quantitative estimate of drug-likeness (QED) is 0.788. The van der Waals surface area contributed by atoms with Crippen LogP contribution in [0.15, 0.2) is 48.8 Å². The van der Waals surface area contributed by atoms with Crippen molar-refractivity contribution < 1.29 is 0 Å². The van der Waals surface area contributed by atoms with Crippen molar-refractivity contribution in [3.05, 3.63) is 53.8 Å². The molecule has 3 aromatic rings. The molecule has 0 aliphatic carbocycles. The van der Waals surface area contributed by atoms with Crippen molar-refractivity contribution in [1.82, 2.24) is 15.0 Å². The Morgan fingerprint density at radius 1 is 1.10 bits per heavy atom. The molecule has 0 amide bonds. The summed E-state index contributed by atoms with van der Waals surface area (Å²) in [6.07, 6.45) is 4.59. The van der Waals surface area contributed by atoms with Crippen LogP contribution >= 0.6 is 11.3 Å². The van der Waals surface area contributed by atoms with Crippen LogP contribution in [0, 0.1) is 0 Å². The molecule has 0 saturated carbocycles. The molecular weight excluding hydrogens is 268 g/mol. The van der Waals surface area contributed by atoms with E-state index in [0.29, 0.717) is 5.95 Å². The largest absolute Gasteiger partial charge is 0.324 e. The van der Waals surface area contributed by atoms with Gasteiger partial charge in [0.2, 0.25) is 5.95 Å². The number of rotatable bonds is 4. The Kier molecular flexibility index (Phi) is 3.69. The maximum atomic E-state index is 4.53. The molecule has 4 nitrogen and oxygen atoms in total. The predicted molar refractivity (Wildman–Crippen MR) is 82.2 cm³/mol. The minimum absolute atomic E-state index is 0.597. The van der Waals surface area contributed by atoms with Gasteiger partial charge in [0.25, 0.3) is 0 Å². The molecule has 2 heterocycles. The van der Waals surface area contributed by atoms with Crippen LogP contribution in [0.5, 0.6) is 0 Å². The van der Waals surface area contributed by atoms with Crippen LogP contribution in [0.25, 0.3) is 10.6 Å². The van der Waals surface area contributed by atoms with Gasteiger partial charge in [0, 0.05) is 18.1 Å². The first-order valence-electron chi connectivity index (χ1n) is 6.45. The number of thiazole rings is 1. The molecule has 3 rings (SSSR count). The highest BCUT2D eigenvalue weighted by Gasteiger charge is 2.06. The highest BCUT2D eigenvalue weighted by atomic mass is 32.1. The Morgan fingerprint density at radius 2 is 1.95 bits per heavy atom. The van der Waals surface area contributed by atoms with Crippen LogP contribution in [0.3, 0.4) is 0 Å². The van der Waals surface area contributed by atoms with Crippen LogP contribution in [-0.4, -0.2) is 15.0 Å².